The molecule has 0 unspecified atom stereocenters. The zero-order chi connectivity index (χ0) is 23.1. The summed E-state index contributed by atoms with van der Waals surface area (Å²) >= 11 is 0. The molecule has 168 valence electrons. The number of fused-ring (bicyclic) bond motifs is 2. The zero-order valence-corrected chi connectivity index (χ0v) is 19.0. The molecule has 0 spiro atoms. The number of H-pyrrole nitrogens is 1. The second-order valence-electron chi connectivity index (χ2n) is 8.31. The zero-order valence-electron chi connectivity index (χ0n) is 19.0. The smallest absolute Gasteiger partial charge is 0.318 e. The van der Waals surface area contributed by atoms with E-state index in [4.69, 9.17) is 8.83 Å². The molecule has 7 heteroatoms. The molecule has 4 heterocycles. The molecule has 0 aliphatic rings. The highest BCUT2D eigenvalue weighted by molar-refractivity contribution is 5.90. The first-order valence-electron chi connectivity index (χ1n) is 11.1. The Hall–Kier alpha value is -4.52. The van der Waals surface area contributed by atoms with Crippen molar-refractivity contribution in [2.45, 2.75) is 0 Å². The van der Waals surface area contributed by atoms with Gasteiger partial charge in [0.2, 0.25) is 0 Å². The fraction of sp³-hybridized carbons (Fsp3) is 0.111. The molecule has 0 radical (unpaired) electrons. The molecule has 0 amide bonds. The fourth-order valence-electron chi connectivity index (χ4n) is 4.52. The minimum Gasteiger partial charge on any atom is -0.432 e. The molecule has 0 aliphatic carbocycles. The van der Waals surface area contributed by atoms with E-state index in [9.17, 15) is 0 Å². The van der Waals surface area contributed by atoms with Gasteiger partial charge >= 0.3 is 5.78 Å². The van der Waals surface area contributed by atoms with Crippen molar-refractivity contribution >= 4 is 39.9 Å². The lowest BCUT2D eigenvalue weighted by Gasteiger charge is -2.24. The molecule has 7 nitrogen and oxygen atoms in total. The minimum absolute atomic E-state index is 0.444. The third-order valence-corrected chi connectivity index (χ3v) is 6.11. The first-order chi connectivity index (χ1) is 16.7. The van der Waals surface area contributed by atoms with E-state index in [1.807, 2.05) is 18.5 Å². The Balaban J connectivity index is 1.37. The summed E-state index contributed by atoms with van der Waals surface area (Å²) in [5.41, 5.74) is 8.48. The van der Waals surface area contributed by atoms with Crippen molar-refractivity contribution in [1.29, 1.82) is 0 Å². The first kappa shape index (κ1) is 20.1. The Morgan fingerprint density at radius 1 is 1.09 bits per heavy atom. The molecule has 34 heavy (non-hydrogen) atoms. The first-order valence-corrected chi connectivity index (χ1v) is 11.1. The molecule has 6 aromatic rings. The van der Waals surface area contributed by atoms with Gasteiger partial charge in [-0.3, -0.25) is 9.55 Å². The Morgan fingerprint density at radius 3 is 2.82 bits per heavy atom. The van der Waals surface area contributed by atoms with E-state index in [0.717, 1.165) is 39.2 Å². The molecule has 0 aliphatic heterocycles. The lowest BCUT2D eigenvalue weighted by Crippen LogP contribution is -2.26. The number of furan rings is 1. The summed E-state index contributed by atoms with van der Waals surface area (Å²) in [5, 5.41) is 0. The quantitative estimate of drug-likeness (QED) is 0.336. The maximum Gasteiger partial charge on any atom is 0.318 e. The number of aromatic amines is 1. The van der Waals surface area contributed by atoms with E-state index in [1.54, 1.807) is 6.26 Å². The number of aromatic nitrogens is 4. The lowest BCUT2D eigenvalue weighted by atomic mass is 10.1. The second-order valence-corrected chi connectivity index (χ2v) is 8.31. The van der Waals surface area contributed by atoms with Crippen LogP contribution in [0.5, 0.6) is 0 Å². The van der Waals surface area contributed by atoms with Crippen LogP contribution in [0.2, 0.25) is 0 Å². The molecule has 1 N–H and O–H groups in total. The molecule has 6 rings (SSSR count). The summed E-state index contributed by atoms with van der Waals surface area (Å²) in [6, 6.07) is 19.1. The molecular formula is C27H24N5O2+. The number of rotatable bonds is 6. The van der Waals surface area contributed by atoms with Gasteiger partial charge in [0, 0.05) is 23.5 Å². The van der Waals surface area contributed by atoms with Crippen LogP contribution in [-0.4, -0.2) is 21.1 Å². The van der Waals surface area contributed by atoms with Crippen molar-refractivity contribution in [1.82, 2.24) is 14.5 Å². The summed E-state index contributed by atoms with van der Waals surface area (Å²) in [6.45, 7) is 0.680. The van der Waals surface area contributed by atoms with Crippen molar-refractivity contribution in [3.63, 3.8) is 0 Å². The Kier molecular flexibility index (Phi) is 4.80. The summed E-state index contributed by atoms with van der Waals surface area (Å²) in [7, 11) is 4.13. The maximum absolute atomic E-state index is 5.42. The number of anilines is 2. The van der Waals surface area contributed by atoms with Gasteiger partial charge in [-0.2, -0.15) is 0 Å². The Morgan fingerprint density at radius 2 is 1.94 bits per heavy atom. The van der Waals surface area contributed by atoms with Gasteiger partial charge in [0.1, 0.15) is 6.26 Å². The van der Waals surface area contributed by atoms with Crippen LogP contribution in [0.25, 0.3) is 39.7 Å². The van der Waals surface area contributed by atoms with Crippen molar-refractivity contribution in [2.75, 3.05) is 11.4 Å². The molecule has 0 fully saturated rings. The van der Waals surface area contributed by atoms with Crippen molar-refractivity contribution < 1.29 is 13.4 Å². The molecule has 0 atom stereocenters. The highest BCUT2D eigenvalue weighted by Gasteiger charge is 2.19. The number of hydrogen-bond acceptors (Lipinski definition) is 4. The average molecular weight is 451 g/mol. The van der Waals surface area contributed by atoms with Gasteiger partial charge < -0.3 is 13.7 Å². The number of oxazole rings is 1. The fourth-order valence-corrected chi connectivity index (χ4v) is 4.52. The summed E-state index contributed by atoms with van der Waals surface area (Å²) in [6.07, 6.45) is 11.4. The standard InChI is InChI=1S/C27H23N5O2/c1-30-15-23(25-26(30)31(2)17-28-25)19-8-6-12-22(14-19)32(21-10-4-3-5-11-21)13-7-9-20-16-33-27-24(20)29-18-34-27/h3-12,14-18H,13H2,1-2H3/p+1. The van der Waals surface area contributed by atoms with E-state index < -0.39 is 0 Å². The van der Waals surface area contributed by atoms with E-state index in [2.05, 4.69) is 98.9 Å². The van der Waals surface area contributed by atoms with Gasteiger partial charge in [0.25, 0.3) is 5.65 Å². The largest absolute Gasteiger partial charge is 0.432 e. The van der Waals surface area contributed by atoms with Crippen molar-refractivity contribution in [3.05, 3.63) is 91.4 Å². The summed E-state index contributed by atoms with van der Waals surface area (Å²) in [4.78, 5) is 9.93. The second kappa shape index (κ2) is 8.12. The van der Waals surface area contributed by atoms with Crippen LogP contribution < -0.4 is 9.47 Å². The Bertz CT molecular complexity index is 1620. The maximum atomic E-state index is 5.42. The van der Waals surface area contributed by atoms with Gasteiger partial charge in [0.15, 0.2) is 23.8 Å². The highest BCUT2D eigenvalue weighted by Crippen LogP contribution is 2.33. The van der Waals surface area contributed by atoms with Crippen LogP contribution in [0.15, 0.2) is 94.7 Å². The van der Waals surface area contributed by atoms with Crippen LogP contribution >= 0.6 is 0 Å². The molecule has 0 bridgehead atoms. The van der Waals surface area contributed by atoms with Gasteiger partial charge in [-0.05, 0) is 29.8 Å². The van der Waals surface area contributed by atoms with Crippen LogP contribution in [0.3, 0.4) is 0 Å². The van der Waals surface area contributed by atoms with Crippen LogP contribution in [0.4, 0.5) is 11.4 Å². The molecule has 0 saturated heterocycles. The van der Waals surface area contributed by atoms with E-state index in [1.165, 1.54) is 12.0 Å². The topological polar surface area (TPSA) is 67.0 Å². The third-order valence-electron chi connectivity index (χ3n) is 6.11. The van der Waals surface area contributed by atoms with Crippen molar-refractivity contribution in [3.8, 4) is 11.1 Å². The minimum atomic E-state index is 0.444. The number of benzene rings is 2. The van der Waals surface area contributed by atoms with Crippen LogP contribution in [-0.2, 0) is 14.1 Å². The SMILES string of the molecule is Cn1cc(-c2cccc(N(CC=Cc3coc4ocnc34)c3ccccc3)c2)c2[nH]c[n+](C)c21. The number of nitrogens with zero attached hydrogens (tertiary/aromatic N) is 4. The third kappa shape index (κ3) is 3.38. The van der Waals surface area contributed by atoms with Gasteiger partial charge in [-0.25, -0.2) is 9.55 Å². The number of nitrogens with one attached hydrogen (secondary N) is 1. The number of hydrogen-bond donors (Lipinski definition) is 1. The molecular weight excluding hydrogens is 426 g/mol. The van der Waals surface area contributed by atoms with E-state index in [0.29, 0.717) is 12.3 Å². The monoisotopic (exact) mass is 450 g/mol. The van der Waals surface area contributed by atoms with Gasteiger partial charge in [0.05, 0.1) is 25.9 Å². The molecule has 4 aromatic heterocycles. The summed E-state index contributed by atoms with van der Waals surface area (Å²) in [5.74, 6) is 0.444. The average Bonchev–Trinajstić information content (AvgIpc) is 3.63. The van der Waals surface area contributed by atoms with Crippen LogP contribution in [0, 0.1) is 0 Å². The number of imidazole rings is 1. The van der Waals surface area contributed by atoms with E-state index >= 15 is 0 Å². The molecule has 2 aromatic carbocycles. The van der Waals surface area contributed by atoms with Gasteiger partial charge in [-0.15, -0.1) is 0 Å². The predicted molar refractivity (Wildman–Crippen MR) is 133 cm³/mol. The predicted octanol–water partition coefficient (Wildman–Crippen LogP) is 5.58. The van der Waals surface area contributed by atoms with Crippen LogP contribution in [0.1, 0.15) is 5.56 Å². The number of para-hydroxylation sites is 1. The van der Waals surface area contributed by atoms with E-state index in [-0.39, 0.29) is 0 Å². The van der Waals surface area contributed by atoms with Gasteiger partial charge in [-0.1, -0.05) is 42.5 Å². The summed E-state index contributed by atoms with van der Waals surface area (Å²) < 4.78 is 14.9. The molecule has 0 saturated carbocycles. The number of aryl methyl sites for hydroxylation is 2. The normalized spacial score (nSPS) is 11.8. The lowest BCUT2D eigenvalue weighted by molar-refractivity contribution is -0.647. The Labute approximate surface area is 196 Å². The highest BCUT2D eigenvalue weighted by atomic mass is 16.5. The van der Waals surface area contributed by atoms with Crippen molar-refractivity contribution in [2.24, 2.45) is 14.1 Å².